The normalized spacial score (nSPS) is 45.3. The molecule has 0 radical (unpaired) electrons. The van der Waals surface area contributed by atoms with Crippen molar-refractivity contribution in [2.75, 3.05) is 13.6 Å². The third-order valence-corrected chi connectivity index (χ3v) is 5.61. The van der Waals surface area contributed by atoms with E-state index in [-0.39, 0.29) is 6.10 Å². The fourth-order valence-electron chi connectivity index (χ4n) is 4.26. The van der Waals surface area contributed by atoms with E-state index in [4.69, 9.17) is 0 Å². The monoisotopic (exact) mass is 252 g/mol. The van der Waals surface area contributed by atoms with Crippen LogP contribution < -0.4 is 5.32 Å². The van der Waals surface area contributed by atoms with Gasteiger partial charge in [0.05, 0.1) is 6.10 Å². The first-order chi connectivity index (χ1) is 8.72. The predicted octanol–water partition coefficient (Wildman–Crippen LogP) is 1.75. The van der Waals surface area contributed by atoms with Crippen molar-refractivity contribution in [3.05, 3.63) is 0 Å². The average Bonchev–Trinajstić information content (AvgIpc) is 2.62. The maximum Gasteiger partial charge on any atom is 0.0540 e. The molecule has 0 spiro atoms. The second-order valence-electron chi connectivity index (χ2n) is 6.80. The number of piperidine rings is 1. The first kappa shape index (κ1) is 12.9. The molecule has 2 N–H and O–H groups in total. The van der Waals surface area contributed by atoms with Crippen LogP contribution in [0.2, 0.25) is 0 Å². The summed E-state index contributed by atoms with van der Waals surface area (Å²) in [5.41, 5.74) is 0. The first-order valence-corrected chi connectivity index (χ1v) is 7.85. The fraction of sp³-hybridized carbons (Fsp3) is 1.00. The molecule has 2 unspecified atom stereocenters. The molecule has 2 heterocycles. The Labute approximate surface area is 111 Å². The summed E-state index contributed by atoms with van der Waals surface area (Å²) < 4.78 is 0. The van der Waals surface area contributed by atoms with E-state index in [9.17, 15) is 5.11 Å². The maximum absolute atomic E-state index is 9.52. The van der Waals surface area contributed by atoms with Crippen molar-refractivity contribution < 1.29 is 5.11 Å². The topological polar surface area (TPSA) is 35.5 Å². The molecule has 2 saturated heterocycles. The van der Waals surface area contributed by atoms with Gasteiger partial charge in [0.2, 0.25) is 0 Å². The zero-order valence-corrected chi connectivity index (χ0v) is 11.6. The molecule has 1 saturated carbocycles. The molecule has 1 aliphatic carbocycles. The van der Waals surface area contributed by atoms with E-state index in [0.717, 1.165) is 36.9 Å². The smallest absolute Gasteiger partial charge is 0.0540 e. The largest absolute Gasteiger partial charge is 0.393 e. The Kier molecular flexibility index (Phi) is 3.92. The molecule has 0 amide bonds. The van der Waals surface area contributed by atoms with Crippen molar-refractivity contribution in [2.45, 2.75) is 75.6 Å². The molecular weight excluding hydrogens is 224 g/mol. The highest BCUT2D eigenvalue weighted by atomic mass is 16.3. The molecular formula is C15H28N2O. The summed E-state index contributed by atoms with van der Waals surface area (Å²) in [6.45, 7) is 1.18. The van der Waals surface area contributed by atoms with Gasteiger partial charge in [-0.05, 0) is 70.9 Å². The van der Waals surface area contributed by atoms with Crippen molar-refractivity contribution in [1.29, 1.82) is 0 Å². The van der Waals surface area contributed by atoms with Gasteiger partial charge in [0.1, 0.15) is 0 Å². The minimum absolute atomic E-state index is 0.0135. The molecule has 2 bridgehead atoms. The molecule has 3 nitrogen and oxygen atoms in total. The molecule has 3 rings (SSSR count). The van der Waals surface area contributed by atoms with Crippen LogP contribution in [0.25, 0.3) is 0 Å². The molecule has 0 aromatic heterocycles. The Bertz CT molecular complexity index is 262. The molecule has 3 heteroatoms. The van der Waals surface area contributed by atoms with Gasteiger partial charge < -0.3 is 15.3 Å². The van der Waals surface area contributed by atoms with Crippen LogP contribution >= 0.6 is 0 Å². The lowest BCUT2D eigenvalue weighted by Crippen LogP contribution is -2.48. The van der Waals surface area contributed by atoms with E-state index < -0.39 is 0 Å². The highest BCUT2D eigenvalue weighted by molar-refractivity contribution is 4.96. The summed E-state index contributed by atoms with van der Waals surface area (Å²) >= 11 is 0. The van der Waals surface area contributed by atoms with E-state index in [1.807, 2.05) is 0 Å². The van der Waals surface area contributed by atoms with Crippen LogP contribution in [0.1, 0.15) is 51.4 Å². The fourth-order valence-corrected chi connectivity index (χ4v) is 4.26. The van der Waals surface area contributed by atoms with Crippen LogP contribution in [-0.2, 0) is 0 Å². The number of fused-ring (bicyclic) bond motifs is 2. The molecule has 0 aromatic rings. The Hall–Kier alpha value is -0.120. The van der Waals surface area contributed by atoms with Gasteiger partial charge in [0, 0.05) is 18.1 Å². The number of rotatable bonds is 3. The third-order valence-electron chi connectivity index (χ3n) is 5.61. The Morgan fingerprint density at radius 2 is 1.61 bits per heavy atom. The molecule has 2 aliphatic heterocycles. The van der Waals surface area contributed by atoms with Crippen molar-refractivity contribution in [2.24, 2.45) is 5.92 Å². The van der Waals surface area contributed by atoms with Gasteiger partial charge in [-0.15, -0.1) is 0 Å². The zero-order chi connectivity index (χ0) is 12.5. The van der Waals surface area contributed by atoms with E-state index in [0.29, 0.717) is 0 Å². The van der Waals surface area contributed by atoms with E-state index in [2.05, 4.69) is 17.3 Å². The second-order valence-corrected chi connectivity index (χ2v) is 6.80. The molecule has 2 atom stereocenters. The summed E-state index contributed by atoms with van der Waals surface area (Å²) in [6.07, 6.45) is 9.98. The van der Waals surface area contributed by atoms with Crippen LogP contribution in [0.15, 0.2) is 0 Å². The highest BCUT2D eigenvalue weighted by Crippen LogP contribution is 2.34. The van der Waals surface area contributed by atoms with Gasteiger partial charge in [0.15, 0.2) is 0 Å². The summed E-state index contributed by atoms with van der Waals surface area (Å²) in [6, 6.07) is 2.44. The standard InChI is InChI=1S/C15H28N2O/c1-17-13-4-5-14(17)9-12(8-13)16-10-11-2-6-15(18)7-3-11/h11-16,18H,2-10H2,1H3. The van der Waals surface area contributed by atoms with Gasteiger partial charge in [-0.3, -0.25) is 0 Å². The van der Waals surface area contributed by atoms with Crippen molar-refractivity contribution in [3.63, 3.8) is 0 Å². The van der Waals surface area contributed by atoms with Gasteiger partial charge in [0.25, 0.3) is 0 Å². The zero-order valence-electron chi connectivity index (χ0n) is 11.6. The average molecular weight is 252 g/mol. The Morgan fingerprint density at radius 1 is 1.00 bits per heavy atom. The third kappa shape index (κ3) is 2.73. The van der Waals surface area contributed by atoms with Crippen molar-refractivity contribution >= 4 is 0 Å². The number of hydrogen-bond donors (Lipinski definition) is 2. The first-order valence-electron chi connectivity index (χ1n) is 7.85. The van der Waals surface area contributed by atoms with E-state index in [1.54, 1.807) is 0 Å². The lowest BCUT2D eigenvalue weighted by molar-refractivity contribution is 0.103. The number of aliphatic hydroxyl groups excluding tert-OH is 1. The predicted molar refractivity (Wildman–Crippen MR) is 73.6 cm³/mol. The Morgan fingerprint density at radius 3 is 2.22 bits per heavy atom. The minimum Gasteiger partial charge on any atom is -0.393 e. The van der Waals surface area contributed by atoms with Crippen LogP contribution in [0, 0.1) is 5.92 Å². The van der Waals surface area contributed by atoms with Crippen LogP contribution in [0.5, 0.6) is 0 Å². The summed E-state index contributed by atoms with van der Waals surface area (Å²) in [5, 5.41) is 13.3. The van der Waals surface area contributed by atoms with Gasteiger partial charge in [-0.2, -0.15) is 0 Å². The van der Waals surface area contributed by atoms with Crippen LogP contribution in [0.3, 0.4) is 0 Å². The molecule has 3 fully saturated rings. The number of hydrogen-bond acceptors (Lipinski definition) is 3. The number of nitrogens with one attached hydrogen (secondary N) is 1. The summed E-state index contributed by atoms with van der Waals surface area (Å²) in [4.78, 5) is 2.61. The van der Waals surface area contributed by atoms with Gasteiger partial charge in [-0.1, -0.05) is 0 Å². The quantitative estimate of drug-likeness (QED) is 0.803. The van der Waals surface area contributed by atoms with Crippen LogP contribution in [0.4, 0.5) is 0 Å². The van der Waals surface area contributed by atoms with E-state index in [1.165, 1.54) is 45.1 Å². The molecule has 0 aromatic carbocycles. The summed E-state index contributed by atoms with van der Waals surface area (Å²) in [5.74, 6) is 0.811. The SMILES string of the molecule is CN1C2CCC1CC(NCC1CCC(O)CC1)C2. The van der Waals surface area contributed by atoms with Gasteiger partial charge >= 0.3 is 0 Å². The number of nitrogens with zero attached hydrogens (tertiary/aromatic N) is 1. The second kappa shape index (κ2) is 5.48. The van der Waals surface area contributed by atoms with Crippen molar-refractivity contribution in [3.8, 4) is 0 Å². The summed E-state index contributed by atoms with van der Waals surface area (Å²) in [7, 11) is 2.31. The van der Waals surface area contributed by atoms with E-state index >= 15 is 0 Å². The minimum atomic E-state index is -0.0135. The van der Waals surface area contributed by atoms with Crippen LogP contribution in [-0.4, -0.2) is 47.8 Å². The molecule has 18 heavy (non-hydrogen) atoms. The highest BCUT2D eigenvalue weighted by Gasteiger charge is 2.38. The lowest BCUT2D eigenvalue weighted by Gasteiger charge is -2.37. The number of aliphatic hydroxyl groups is 1. The van der Waals surface area contributed by atoms with Gasteiger partial charge in [-0.25, -0.2) is 0 Å². The van der Waals surface area contributed by atoms with Crippen molar-refractivity contribution in [1.82, 2.24) is 10.2 Å². The Balaban J connectivity index is 1.42. The molecule has 3 aliphatic rings. The molecule has 104 valence electrons. The lowest BCUT2D eigenvalue weighted by atomic mass is 9.87. The maximum atomic E-state index is 9.52.